The summed E-state index contributed by atoms with van der Waals surface area (Å²) in [6.45, 7) is 1.84. The van der Waals surface area contributed by atoms with Crippen molar-refractivity contribution in [2.24, 2.45) is 5.92 Å². The number of thiazole rings is 1. The summed E-state index contributed by atoms with van der Waals surface area (Å²) < 4.78 is 18.3. The van der Waals surface area contributed by atoms with Crippen LogP contribution in [-0.2, 0) is 22.5 Å². The summed E-state index contributed by atoms with van der Waals surface area (Å²) >= 11 is 1.31. The lowest BCUT2D eigenvalue weighted by atomic mass is 10.1. The third kappa shape index (κ3) is 6.00. The van der Waals surface area contributed by atoms with E-state index in [2.05, 4.69) is 20.9 Å². The molecule has 1 aliphatic heterocycles. The Morgan fingerprint density at radius 3 is 3.00 bits per heavy atom. The van der Waals surface area contributed by atoms with E-state index in [0.29, 0.717) is 36.9 Å². The van der Waals surface area contributed by atoms with Gasteiger partial charge in [0.15, 0.2) is 5.13 Å². The third-order valence-electron chi connectivity index (χ3n) is 4.10. The fraction of sp³-hybridized carbons (Fsp3) is 0.389. The Balaban J connectivity index is 1.38. The Labute approximate surface area is 160 Å². The van der Waals surface area contributed by atoms with Gasteiger partial charge in [-0.2, -0.15) is 0 Å². The van der Waals surface area contributed by atoms with E-state index in [1.54, 1.807) is 12.1 Å². The molecule has 1 aliphatic rings. The number of halogens is 1. The minimum absolute atomic E-state index is 0.0119. The molecular weight excluding hydrogens is 371 g/mol. The number of hydrogen-bond donors (Lipinski definition) is 3. The van der Waals surface area contributed by atoms with Crippen LogP contribution in [0.4, 0.5) is 14.3 Å². The van der Waals surface area contributed by atoms with Crippen LogP contribution in [0.3, 0.4) is 0 Å². The second kappa shape index (κ2) is 9.43. The molecule has 1 aromatic carbocycles. The first-order valence-electron chi connectivity index (χ1n) is 8.69. The van der Waals surface area contributed by atoms with Crippen LogP contribution in [-0.4, -0.2) is 36.7 Å². The van der Waals surface area contributed by atoms with Crippen molar-refractivity contribution in [3.8, 4) is 0 Å². The summed E-state index contributed by atoms with van der Waals surface area (Å²) in [5, 5.41) is 10.5. The van der Waals surface area contributed by atoms with Gasteiger partial charge in [-0.1, -0.05) is 12.1 Å². The molecule has 144 valence electrons. The number of rotatable bonds is 7. The van der Waals surface area contributed by atoms with Crippen molar-refractivity contribution in [1.29, 1.82) is 0 Å². The van der Waals surface area contributed by atoms with Gasteiger partial charge < -0.3 is 15.4 Å². The molecule has 9 heteroatoms. The van der Waals surface area contributed by atoms with Gasteiger partial charge in [-0.05, 0) is 24.1 Å². The molecule has 1 atom stereocenters. The Morgan fingerprint density at radius 1 is 1.33 bits per heavy atom. The summed E-state index contributed by atoms with van der Waals surface area (Å²) in [4.78, 5) is 28.1. The summed E-state index contributed by atoms with van der Waals surface area (Å²) in [7, 11) is 0. The standard InChI is InChI=1S/C18H21FN4O3S/c19-14-3-1-2-12(8-14)9-21-17(25)23-18-22-15(11-27-18)4-6-20-16(24)13-5-7-26-10-13/h1-3,8,11,13H,4-7,9-10H2,(H,20,24)(H2,21,22,23,25). The predicted molar refractivity (Wildman–Crippen MR) is 100 cm³/mol. The van der Waals surface area contributed by atoms with Gasteiger partial charge >= 0.3 is 6.03 Å². The molecule has 0 saturated carbocycles. The average molecular weight is 392 g/mol. The molecule has 1 saturated heterocycles. The van der Waals surface area contributed by atoms with E-state index in [-0.39, 0.29) is 24.2 Å². The van der Waals surface area contributed by atoms with Crippen molar-refractivity contribution in [2.45, 2.75) is 19.4 Å². The maximum Gasteiger partial charge on any atom is 0.321 e. The van der Waals surface area contributed by atoms with Gasteiger partial charge in [0.1, 0.15) is 5.82 Å². The maximum absolute atomic E-state index is 13.1. The fourth-order valence-electron chi connectivity index (χ4n) is 2.65. The van der Waals surface area contributed by atoms with Crippen molar-refractivity contribution in [3.05, 3.63) is 46.7 Å². The number of carbonyl (C=O) groups is 2. The van der Waals surface area contributed by atoms with Crippen LogP contribution >= 0.6 is 11.3 Å². The van der Waals surface area contributed by atoms with Crippen molar-refractivity contribution in [2.75, 3.05) is 25.1 Å². The third-order valence-corrected chi connectivity index (χ3v) is 4.90. The van der Waals surface area contributed by atoms with Crippen LogP contribution in [0.25, 0.3) is 0 Å². The number of aromatic nitrogens is 1. The van der Waals surface area contributed by atoms with E-state index >= 15 is 0 Å². The smallest absolute Gasteiger partial charge is 0.321 e. The van der Waals surface area contributed by atoms with Gasteiger partial charge in [-0.25, -0.2) is 14.2 Å². The summed E-state index contributed by atoms with van der Waals surface area (Å²) in [6, 6.07) is 5.64. The van der Waals surface area contributed by atoms with E-state index in [1.165, 1.54) is 23.5 Å². The van der Waals surface area contributed by atoms with E-state index in [0.717, 1.165) is 12.1 Å². The summed E-state index contributed by atoms with van der Waals surface area (Å²) in [5.41, 5.74) is 1.47. The quantitative estimate of drug-likeness (QED) is 0.674. The molecule has 2 heterocycles. The van der Waals surface area contributed by atoms with Crippen LogP contribution in [0.1, 0.15) is 17.7 Å². The van der Waals surface area contributed by atoms with Crippen LogP contribution in [0.2, 0.25) is 0 Å². The normalized spacial score (nSPS) is 16.1. The van der Waals surface area contributed by atoms with Gasteiger partial charge in [-0.3, -0.25) is 10.1 Å². The van der Waals surface area contributed by atoms with Gasteiger partial charge in [-0.15, -0.1) is 11.3 Å². The molecule has 1 unspecified atom stereocenters. The predicted octanol–water partition coefficient (Wildman–Crippen LogP) is 2.30. The van der Waals surface area contributed by atoms with E-state index < -0.39 is 6.03 Å². The number of ether oxygens (including phenoxy) is 1. The van der Waals surface area contributed by atoms with Crippen LogP contribution in [0.15, 0.2) is 29.6 Å². The lowest BCUT2D eigenvalue weighted by molar-refractivity contribution is -0.124. The lowest BCUT2D eigenvalue weighted by Crippen LogP contribution is -2.32. The number of nitrogens with zero attached hydrogens (tertiary/aromatic N) is 1. The van der Waals surface area contributed by atoms with Gasteiger partial charge in [0.2, 0.25) is 5.91 Å². The van der Waals surface area contributed by atoms with Crippen LogP contribution < -0.4 is 16.0 Å². The number of carbonyl (C=O) groups excluding carboxylic acids is 2. The highest BCUT2D eigenvalue weighted by Gasteiger charge is 2.22. The van der Waals surface area contributed by atoms with Crippen molar-refractivity contribution >= 4 is 28.4 Å². The zero-order valence-corrected chi connectivity index (χ0v) is 15.5. The summed E-state index contributed by atoms with van der Waals surface area (Å²) in [6.07, 6.45) is 1.35. The minimum Gasteiger partial charge on any atom is -0.381 e. The molecule has 27 heavy (non-hydrogen) atoms. The van der Waals surface area contributed by atoms with Crippen LogP contribution in [0, 0.1) is 11.7 Å². The molecular formula is C18H21FN4O3S. The molecule has 0 aliphatic carbocycles. The highest BCUT2D eigenvalue weighted by Crippen LogP contribution is 2.16. The SMILES string of the molecule is O=C(NCc1cccc(F)c1)Nc1nc(CCNC(=O)C2CCOC2)cs1. The Hall–Kier alpha value is -2.52. The monoisotopic (exact) mass is 392 g/mol. The molecule has 1 fully saturated rings. The number of amides is 3. The van der Waals surface area contributed by atoms with E-state index in [1.807, 2.05) is 5.38 Å². The van der Waals surface area contributed by atoms with Crippen LogP contribution in [0.5, 0.6) is 0 Å². The minimum atomic E-state index is -0.408. The molecule has 3 N–H and O–H groups in total. The van der Waals surface area contributed by atoms with Crippen molar-refractivity contribution < 1.29 is 18.7 Å². The highest BCUT2D eigenvalue weighted by molar-refractivity contribution is 7.13. The number of benzene rings is 1. The zero-order valence-electron chi connectivity index (χ0n) is 14.7. The number of urea groups is 1. The summed E-state index contributed by atoms with van der Waals surface area (Å²) in [5.74, 6) is -0.385. The second-order valence-corrected chi connectivity index (χ2v) is 7.04. The Kier molecular flexibility index (Phi) is 6.72. The molecule has 1 aromatic heterocycles. The molecule has 0 spiro atoms. The number of hydrogen-bond acceptors (Lipinski definition) is 5. The van der Waals surface area contributed by atoms with E-state index in [4.69, 9.17) is 4.74 Å². The molecule has 7 nitrogen and oxygen atoms in total. The first kappa shape index (κ1) is 19.2. The second-order valence-electron chi connectivity index (χ2n) is 6.18. The van der Waals surface area contributed by atoms with E-state index in [9.17, 15) is 14.0 Å². The molecule has 0 bridgehead atoms. The fourth-order valence-corrected chi connectivity index (χ4v) is 3.39. The zero-order chi connectivity index (χ0) is 19.1. The highest BCUT2D eigenvalue weighted by atomic mass is 32.1. The maximum atomic E-state index is 13.1. The largest absolute Gasteiger partial charge is 0.381 e. The van der Waals surface area contributed by atoms with Crippen molar-refractivity contribution in [1.82, 2.24) is 15.6 Å². The molecule has 0 radical (unpaired) electrons. The Morgan fingerprint density at radius 2 is 2.22 bits per heavy atom. The van der Waals surface area contributed by atoms with Gasteiger partial charge in [0.05, 0.1) is 18.2 Å². The first-order valence-corrected chi connectivity index (χ1v) is 9.57. The number of nitrogens with one attached hydrogen (secondary N) is 3. The Bertz CT molecular complexity index is 792. The number of anilines is 1. The first-order chi connectivity index (χ1) is 13.1. The average Bonchev–Trinajstić information content (AvgIpc) is 3.32. The molecule has 3 rings (SSSR count). The molecule has 2 aromatic rings. The molecule has 3 amide bonds. The lowest BCUT2D eigenvalue weighted by Gasteiger charge is -2.08. The topological polar surface area (TPSA) is 92.4 Å². The van der Waals surface area contributed by atoms with Gasteiger partial charge in [0.25, 0.3) is 0 Å². The van der Waals surface area contributed by atoms with Gasteiger partial charge in [0, 0.05) is 31.5 Å². The van der Waals surface area contributed by atoms with Crippen molar-refractivity contribution in [3.63, 3.8) is 0 Å².